The fraction of sp³-hybridized carbons (Fsp3) is 0.280. The number of hydrogen-bond acceptors (Lipinski definition) is 1. The molecule has 1 fully saturated rings. The van der Waals surface area contributed by atoms with Gasteiger partial charge in [0.2, 0.25) is 0 Å². The first-order chi connectivity index (χ1) is 13.3. The highest BCUT2D eigenvalue weighted by atomic mass is 32.1. The number of benzene rings is 3. The highest BCUT2D eigenvalue weighted by molar-refractivity contribution is 7.25. The Hall–Kier alpha value is -2.32. The van der Waals surface area contributed by atoms with Gasteiger partial charge in [-0.1, -0.05) is 49.6 Å². The molecule has 1 nitrogen and oxygen atoms in total. The lowest BCUT2D eigenvalue weighted by atomic mass is 9.84. The second kappa shape index (κ2) is 5.84. The number of fused-ring (bicyclic) bond motifs is 6. The van der Waals surface area contributed by atoms with Gasteiger partial charge in [-0.2, -0.15) is 0 Å². The van der Waals surface area contributed by atoms with E-state index in [0.717, 1.165) is 5.92 Å². The quantitative estimate of drug-likeness (QED) is 0.285. The minimum atomic E-state index is 0.774. The number of aromatic nitrogens is 1. The van der Waals surface area contributed by atoms with Crippen LogP contribution in [-0.2, 0) is 7.05 Å². The third kappa shape index (κ3) is 2.29. The summed E-state index contributed by atoms with van der Waals surface area (Å²) >= 11 is 1.96. The monoisotopic (exact) mass is 369 g/mol. The Kier molecular flexibility index (Phi) is 3.40. The van der Waals surface area contributed by atoms with Crippen molar-refractivity contribution < 1.29 is 0 Å². The smallest absolute Gasteiger partial charge is 0.0503 e. The Morgan fingerprint density at radius 2 is 1.56 bits per heavy atom. The van der Waals surface area contributed by atoms with Crippen LogP contribution >= 0.6 is 11.3 Å². The largest absolute Gasteiger partial charge is 0.344 e. The summed E-state index contributed by atoms with van der Waals surface area (Å²) in [5.41, 5.74) is 4.21. The molecule has 3 aromatic carbocycles. The van der Waals surface area contributed by atoms with E-state index in [2.05, 4.69) is 66.2 Å². The predicted octanol–water partition coefficient (Wildman–Crippen LogP) is 7.75. The highest BCUT2D eigenvalue weighted by Crippen LogP contribution is 2.41. The summed E-state index contributed by atoms with van der Waals surface area (Å²) in [7, 11) is 2.19. The van der Waals surface area contributed by atoms with Crippen molar-refractivity contribution in [3.63, 3.8) is 0 Å². The first-order valence-corrected chi connectivity index (χ1v) is 10.9. The average molecular weight is 370 g/mol. The predicted molar refractivity (Wildman–Crippen MR) is 119 cm³/mol. The number of hydrogen-bond donors (Lipinski definition) is 0. The zero-order valence-corrected chi connectivity index (χ0v) is 16.5. The van der Waals surface area contributed by atoms with E-state index in [9.17, 15) is 0 Å². The lowest BCUT2D eigenvalue weighted by molar-refractivity contribution is 0.444. The Balaban J connectivity index is 1.60. The molecule has 0 saturated heterocycles. The van der Waals surface area contributed by atoms with Gasteiger partial charge in [0.25, 0.3) is 0 Å². The van der Waals surface area contributed by atoms with Crippen LogP contribution in [0.5, 0.6) is 0 Å². The van der Waals surface area contributed by atoms with Gasteiger partial charge >= 0.3 is 0 Å². The summed E-state index contributed by atoms with van der Waals surface area (Å²) in [5, 5.41) is 5.56. The van der Waals surface area contributed by atoms with Crippen molar-refractivity contribution in [3.8, 4) is 0 Å². The van der Waals surface area contributed by atoms with E-state index in [1.54, 1.807) is 5.56 Å². The molecule has 0 spiro atoms. The molecule has 2 heteroatoms. The molecule has 5 aromatic rings. The molecular weight excluding hydrogens is 346 g/mol. The Bertz CT molecular complexity index is 1310. The van der Waals surface area contributed by atoms with Gasteiger partial charge < -0.3 is 4.57 Å². The molecule has 27 heavy (non-hydrogen) atoms. The molecule has 0 unspecified atom stereocenters. The van der Waals surface area contributed by atoms with E-state index in [0.29, 0.717) is 0 Å². The molecule has 2 heterocycles. The fourth-order valence-corrected chi connectivity index (χ4v) is 6.30. The van der Waals surface area contributed by atoms with Gasteiger partial charge in [-0.3, -0.25) is 0 Å². The standard InChI is InChI=1S/C25H23NS/c1-26-22-10-6-5-9-18(22)20-14-21-19-12-11-17(16-7-3-2-4-8-16)13-24(19)27-25(21)15-23(20)26/h5-6,9-16H,2-4,7-8H2,1H3. The van der Waals surface area contributed by atoms with Crippen molar-refractivity contribution in [2.45, 2.75) is 38.0 Å². The van der Waals surface area contributed by atoms with Crippen LogP contribution in [0, 0.1) is 0 Å². The summed E-state index contributed by atoms with van der Waals surface area (Å²) in [4.78, 5) is 0. The summed E-state index contributed by atoms with van der Waals surface area (Å²) in [6.07, 6.45) is 6.95. The fourth-order valence-electron chi connectivity index (χ4n) is 5.14. The molecule has 2 aromatic heterocycles. The molecule has 1 aliphatic rings. The van der Waals surface area contributed by atoms with Crippen molar-refractivity contribution in [1.82, 2.24) is 4.57 Å². The molecule has 6 rings (SSSR count). The van der Waals surface area contributed by atoms with Gasteiger partial charge in [-0.25, -0.2) is 0 Å². The summed E-state index contributed by atoms with van der Waals surface area (Å²) < 4.78 is 5.19. The zero-order chi connectivity index (χ0) is 18.0. The normalized spacial score (nSPS) is 16.2. The number of thiophene rings is 1. The van der Waals surface area contributed by atoms with Gasteiger partial charge in [-0.15, -0.1) is 11.3 Å². The maximum Gasteiger partial charge on any atom is 0.0503 e. The minimum absolute atomic E-state index is 0.774. The van der Waals surface area contributed by atoms with E-state index in [-0.39, 0.29) is 0 Å². The van der Waals surface area contributed by atoms with Crippen molar-refractivity contribution in [1.29, 1.82) is 0 Å². The van der Waals surface area contributed by atoms with Crippen molar-refractivity contribution in [3.05, 3.63) is 60.2 Å². The summed E-state index contributed by atoms with van der Waals surface area (Å²) in [6.45, 7) is 0. The van der Waals surface area contributed by atoms with Crippen molar-refractivity contribution in [2.24, 2.45) is 7.05 Å². The number of nitrogens with zero attached hydrogens (tertiary/aromatic N) is 1. The summed E-state index contributed by atoms with van der Waals surface area (Å²) in [6, 6.07) is 20.8. The second-order valence-electron chi connectivity index (χ2n) is 8.13. The third-order valence-electron chi connectivity index (χ3n) is 6.61. The van der Waals surface area contributed by atoms with Crippen LogP contribution in [0.2, 0.25) is 0 Å². The van der Waals surface area contributed by atoms with Crippen LogP contribution in [0.3, 0.4) is 0 Å². The van der Waals surface area contributed by atoms with Crippen LogP contribution in [0.1, 0.15) is 43.6 Å². The van der Waals surface area contributed by atoms with Crippen LogP contribution in [0.4, 0.5) is 0 Å². The van der Waals surface area contributed by atoms with E-state index >= 15 is 0 Å². The van der Waals surface area contributed by atoms with Crippen LogP contribution in [0.15, 0.2) is 54.6 Å². The molecule has 1 saturated carbocycles. The lowest BCUT2D eigenvalue weighted by Crippen LogP contribution is -2.03. The van der Waals surface area contributed by atoms with Gasteiger partial charge in [0.05, 0.1) is 5.52 Å². The van der Waals surface area contributed by atoms with E-state index < -0.39 is 0 Å². The Labute approximate surface area is 163 Å². The Morgan fingerprint density at radius 3 is 2.44 bits per heavy atom. The molecule has 0 aliphatic heterocycles. The molecule has 134 valence electrons. The maximum absolute atomic E-state index is 2.48. The van der Waals surface area contributed by atoms with Gasteiger partial charge in [-0.05, 0) is 48.6 Å². The molecular formula is C25H23NS. The Morgan fingerprint density at radius 1 is 0.741 bits per heavy atom. The molecule has 0 bridgehead atoms. The van der Waals surface area contributed by atoms with E-state index in [1.165, 1.54) is 74.1 Å². The zero-order valence-electron chi connectivity index (χ0n) is 15.7. The van der Waals surface area contributed by atoms with Crippen LogP contribution in [-0.4, -0.2) is 4.57 Å². The van der Waals surface area contributed by atoms with Crippen molar-refractivity contribution >= 4 is 53.3 Å². The topological polar surface area (TPSA) is 4.93 Å². The minimum Gasteiger partial charge on any atom is -0.344 e. The average Bonchev–Trinajstić information content (AvgIpc) is 3.22. The van der Waals surface area contributed by atoms with Crippen molar-refractivity contribution in [2.75, 3.05) is 0 Å². The number of rotatable bonds is 1. The highest BCUT2D eigenvalue weighted by Gasteiger charge is 2.17. The molecule has 0 N–H and O–H groups in total. The van der Waals surface area contributed by atoms with E-state index in [1.807, 2.05) is 11.3 Å². The lowest BCUT2D eigenvalue weighted by Gasteiger charge is -2.21. The SMILES string of the molecule is Cn1c2ccccc2c2cc3c(cc21)sc1cc(C2CCCCC2)ccc13. The maximum atomic E-state index is 2.48. The molecule has 1 aliphatic carbocycles. The molecule has 0 amide bonds. The number of para-hydroxylation sites is 1. The van der Waals surface area contributed by atoms with Gasteiger partial charge in [0.15, 0.2) is 0 Å². The summed E-state index contributed by atoms with van der Waals surface area (Å²) in [5.74, 6) is 0.774. The first kappa shape index (κ1) is 15.7. The van der Waals surface area contributed by atoms with Crippen LogP contribution < -0.4 is 0 Å². The molecule has 0 radical (unpaired) electrons. The second-order valence-corrected chi connectivity index (χ2v) is 9.22. The van der Waals surface area contributed by atoms with Crippen LogP contribution in [0.25, 0.3) is 42.0 Å². The third-order valence-corrected chi connectivity index (χ3v) is 7.72. The molecule has 0 atom stereocenters. The van der Waals surface area contributed by atoms with E-state index in [4.69, 9.17) is 0 Å². The van der Waals surface area contributed by atoms with Gasteiger partial charge in [0, 0.05) is 43.5 Å². The number of aryl methyl sites for hydroxylation is 1. The van der Waals surface area contributed by atoms with Gasteiger partial charge in [0.1, 0.15) is 0 Å². The first-order valence-electron chi connectivity index (χ1n) is 10.1.